The van der Waals surface area contributed by atoms with Gasteiger partial charge in [-0.3, -0.25) is 9.59 Å². The van der Waals surface area contributed by atoms with Crippen LogP contribution in [-0.4, -0.2) is 52.9 Å². The van der Waals surface area contributed by atoms with Crippen molar-refractivity contribution in [2.75, 3.05) is 13.1 Å². The molecule has 0 bridgehead atoms. The molecule has 3 aliphatic rings. The van der Waals surface area contributed by atoms with Crippen molar-refractivity contribution in [1.82, 2.24) is 10.2 Å². The van der Waals surface area contributed by atoms with Crippen LogP contribution in [0, 0.1) is 11.8 Å². The normalized spacial score (nSPS) is 29.0. The lowest BCUT2D eigenvalue weighted by molar-refractivity contribution is -0.138. The lowest BCUT2D eigenvalue weighted by Crippen LogP contribution is -2.50. The number of Topliss-reactive ketones (excluding diaryl/α,β-unsaturated/α-hetero) is 1. The highest BCUT2D eigenvalue weighted by Gasteiger charge is 2.44. The molecule has 1 unspecified atom stereocenters. The third-order valence-corrected chi connectivity index (χ3v) is 7.17. The smallest absolute Gasteiger partial charge is 0.241 e. The Balaban J connectivity index is 1.37. The molecule has 1 amide bonds. The largest absolute Gasteiger partial charge is 0.332 e. The Morgan fingerprint density at radius 1 is 1.21 bits per heavy atom. The summed E-state index contributed by atoms with van der Waals surface area (Å²) in [5.74, 6) is -0.117. The van der Waals surface area contributed by atoms with Crippen LogP contribution in [0.4, 0.5) is 0 Å². The van der Waals surface area contributed by atoms with E-state index in [2.05, 4.69) is 29.6 Å². The van der Waals surface area contributed by atoms with Crippen molar-refractivity contribution in [3.8, 4) is 0 Å². The van der Waals surface area contributed by atoms with E-state index in [9.17, 15) is 14.4 Å². The average Bonchev–Trinajstić information content (AvgIpc) is 3.37. The molecule has 4 atom stereocenters. The zero-order valence-electron chi connectivity index (χ0n) is 16.6. The number of aldehydes is 1. The van der Waals surface area contributed by atoms with Crippen LogP contribution in [-0.2, 0) is 27.2 Å². The molecule has 6 heteroatoms. The minimum atomic E-state index is -0.609. The average molecular weight is 413 g/mol. The molecule has 4 rings (SSSR count). The van der Waals surface area contributed by atoms with E-state index < -0.39 is 12.0 Å². The first-order chi connectivity index (χ1) is 14.1. The van der Waals surface area contributed by atoms with Gasteiger partial charge in [0, 0.05) is 24.4 Å². The Morgan fingerprint density at radius 3 is 2.79 bits per heavy atom. The molecular formula is C23H28N2O3S. The molecule has 2 heterocycles. The predicted octanol–water partition coefficient (Wildman–Crippen LogP) is 2.29. The van der Waals surface area contributed by atoms with Crippen LogP contribution < -0.4 is 5.32 Å². The second kappa shape index (κ2) is 8.84. The molecule has 0 spiro atoms. The molecule has 0 saturated carbocycles. The Hall–Kier alpha value is -1.92. The van der Waals surface area contributed by atoms with Gasteiger partial charge in [0.1, 0.15) is 18.1 Å². The third-order valence-electron chi connectivity index (χ3n) is 6.78. The van der Waals surface area contributed by atoms with Crippen LogP contribution in [0.15, 0.2) is 24.3 Å². The van der Waals surface area contributed by atoms with E-state index in [1.807, 2.05) is 0 Å². The molecule has 154 valence electrons. The summed E-state index contributed by atoms with van der Waals surface area (Å²) in [6.07, 6.45) is 6.87. The molecule has 2 aliphatic heterocycles. The molecule has 1 aromatic rings. The molecule has 1 N–H and O–H groups in total. The number of carbonyl (C=O) groups is 3. The van der Waals surface area contributed by atoms with Gasteiger partial charge < -0.3 is 15.0 Å². The van der Waals surface area contributed by atoms with Crippen molar-refractivity contribution < 1.29 is 14.4 Å². The van der Waals surface area contributed by atoms with Crippen molar-refractivity contribution in [3.63, 3.8) is 0 Å². The quantitative estimate of drug-likeness (QED) is 0.574. The van der Waals surface area contributed by atoms with Crippen molar-refractivity contribution >= 4 is 35.1 Å². The van der Waals surface area contributed by atoms with E-state index >= 15 is 0 Å². The van der Waals surface area contributed by atoms with Crippen LogP contribution in [0.1, 0.15) is 43.2 Å². The van der Waals surface area contributed by atoms with E-state index in [1.165, 1.54) is 11.1 Å². The number of carbonyl (C=O) groups excluding carboxylic acids is 3. The third kappa shape index (κ3) is 4.19. The first kappa shape index (κ1) is 20.4. The Kier molecular flexibility index (Phi) is 6.20. The van der Waals surface area contributed by atoms with Crippen molar-refractivity contribution in [2.45, 2.75) is 57.0 Å². The van der Waals surface area contributed by atoms with Gasteiger partial charge in [0.15, 0.2) is 0 Å². The number of hydrogen-bond donors (Lipinski definition) is 1. The van der Waals surface area contributed by atoms with Gasteiger partial charge in [-0.1, -0.05) is 36.5 Å². The van der Waals surface area contributed by atoms with Crippen LogP contribution in [0.2, 0.25) is 0 Å². The molecule has 5 nitrogen and oxygen atoms in total. The predicted molar refractivity (Wildman–Crippen MR) is 115 cm³/mol. The Bertz CT molecular complexity index is 824. The van der Waals surface area contributed by atoms with E-state index in [-0.39, 0.29) is 17.7 Å². The highest BCUT2D eigenvalue weighted by atomic mass is 32.1. The van der Waals surface area contributed by atoms with Crippen LogP contribution in [0.25, 0.3) is 0 Å². The summed E-state index contributed by atoms with van der Waals surface area (Å²) in [6.45, 7) is 0.994. The standard InChI is InChI=1S/C23H28N2O3S/c26-14-18-6-3-11-25(18)23(28)22-21(20(29)13-24-22)19(27)10-8-15-7-9-16-4-1-2-5-17(16)12-15/h1-2,4-5,14-15,18,21-22,24H,3,6-13H2/t15-,18-,21?,22-/m0/s1. The zero-order valence-corrected chi connectivity index (χ0v) is 17.5. The van der Waals surface area contributed by atoms with Gasteiger partial charge in [0.2, 0.25) is 5.91 Å². The number of fused-ring (bicyclic) bond motifs is 1. The SMILES string of the molecule is O=C[C@@H]1CCCN1C(=O)[C@H]1NCC(=S)C1C(=O)CC[C@@H]1CCc2ccccc2C1. The number of rotatable bonds is 6. The Labute approximate surface area is 177 Å². The lowest BCUT2D eigenvalue weighted by Gasteiger charge is -2.27. The van der Waals surface area contributed by atoms with Gasteiger partial charge in [-0.05, 0) is 55.6 Å². The van der Waals surface area contributed by atoms with Gasteiger partial charge in [-0.25, -0.2) is 0 Å². The molecule has 29 heavy (non-hydrogen) atoms. The van der Waals surface area contributed by atoms with E-state index in [0.717, 1.165) is 38.4 Å². The molecule has 0 aromatic heterocycles. The summed E-state index contributed by atoms with van der Waals surface area (Å²) < 4.78 is 0. The van der Waals surface area contributed by atoms with E-state index in [0.29, 0.717) is 36.7 Å². The molecule has 0 radical (unpaired) electrons. The summed E-state index contributed by atoms with van der Waals surface area (Å²) in [4.78, 5) is 39.6. The summed E-state index contributed by atoms with van der Waals surface area (Å²) in [7, 11) is 0. The van der Waals surface area contributed by atoms with Gasteiger partial charge >= 0.3 is 0 Å². The van der Waals surface area contributed by atoms with Crippen molar-refractivity contribution in [2.24, 2.45) is 11.8 Å². The second-order valence-corrected chi connectivity index (χ2v) is 9.09. The topological polar surface area (TPSA) is 66.5 Å². The van der Waals surface area contributed by atoms with Gasteiger partial charge in [-0.15, -0.1) is 0 Å². The number of nitrogens with one attached hydrogen (secondary N) is 1. The maximum Gasteiger partial charge on any atom is 0.241 e. The molecule has 1 aliphatic carbocycles. The maximum atomic E-state index is 13.1. The molecule has 1 aromatic carbocycles. The van der Waals surface area contributed by atoms with Crippen LogP contribution >= 0.6 is 12.2 Å². The highest BCUT2D eigenvalue weighted by Crippen LogP contribution is 2.30. The fraction of sp³-hybridized carbons (Fsp3) is 0.565. The lowest BCUT2D eigenvalue weighted by atomic mass is 9.80. The van der Waals surface area contributed by atoms with Gasteiger partial charge in [0.05, 0.1) is 12.0 Å². The summed E-state index contributed by atoms with van der Waals surface area (Å²) in [6, 6.07) is 7.58. The summed E-state index contributed by atoms with van der Waals surface area (Å²) in [5, 5.41) is 3.14. The van der Waals surface area contributed by atoms with Gasteiger partial charge in [0.25, 0.3) is 0 Å². The van der Waals surface area contributed by atoms with Crippen LogP contribution in [0.5, 0.6) is 0 Å². The fourth-order valence-electron chi connectivity index (χ4n) is 5.13. The van der Waals surface area contributed by atoms with Gasteiger partial charge in [-0.2, -0.15) is 0 Å². The maximum absolute atomic E-state index is 13.1. The summed E-state index contributed by atoms with van der Waals surface area (Å²) >= 11 is 5.44. The van der Waals surface area contributed by atoms with E-state index in [1.54, 1.807) is 4.90 Å². The summed E-state index contributed by atoms with van der Waals surface area (Å²) in [5.41, 5.74) is 2.83. The van der Waals surface area contributed by atoms with E-state index in [4.69, 9.17) is 12.2 Å². The number of nitrogens with zero attached hydrogens (tertiary/aromatic N) is 1. The number of amides is 1. The first-order valence-corrected chi connectivity index (χ1v) is 11.1. The highest BCUT2D eigenvalue weighted by molar-refractivity contribution is 7.80. The minimum absolute atomic E-state index is 0.0686. The molecule has 2 saturated heterocycles. The number of hydrogen-bond acceptors (Lipinski definition) is 5. The number of benzene rings is 1. The second-order valence-electron chi connectivity index (χ2n) is 8.56. The minimum Gasteiger partial charge on any atom is -0.332 e. The van der Waals surface area contributed by atoms with Crippen LogP contribution in [0.3, 0.4) is 0 Å². The monoisotopic (exact) mass is 412 g/mol. The number of likely N-dealkylation sites (tertiary alicyclic amines) is 1. The number of ketones is 1. The van der Waals surface area contributed by atoms with Crippen molar-refractivity contribution in [3.05, 3.63) is 35.4 Å². The zero-order chi connectivity index (χ0) is 20.4. The fourth-order valence-corrected chi connectivity index (χ4v) is 5.48. The molecule has 2 fully saturated rings. The number of aryl methyl sites for hydroxylation is 1. The molecular weight excluding hydrogens is 384 g/mol. The van der Waals surface area contributed by atoms with Crippen molar-refractivity contribution in [1.29, 1.82) is 0 Å². The first-order valence-electron chi connectivity index (χ1n) is 10.7. The number of thiocarbonyl (C=S) groups is 1. The Morgan fingerprint density at radius 2 is 2.00 bits per heavy atom.